The van der Waals surface area contributed by atoms with Crippen LogP contribution >= 0.6 is 0 Å². The number of allylic oxidation sites excluding steroid dienone is 1. The number of hydrogen-bond acceptors (Lipinski definition) is 4. The highest BCUT2D eigenvalue weighted by Gasteiger charge is 2.62. The van der Waals surface area contributed by atoms with E-state index in [1.54, 1.807) is 0 Å². The normalized spacial score (nSPS) is 42.0. The Hall–Kier alpha value is -2.10. The number of rotatable bonds is 3. The second kappa shape index (κ2) is 8.29. The summed E-state index contributed by atoms with van der Waals surface area (Å²) < 4.78 is 11.8. The molecular weight excluding hydrogens is 412 g/mol. The molecule has 4 aliphatic carbocycles. The van der Waals surface area contributed by atoms with Crippen LogP contribution in [-0.2, 0) is 14.3 Å². The van der Waals surface area contributed by atoms with Gasteiger partial charge in [0.2, 0.25) is 0 Å². The summed E-state index contributed by atoms with van der Waals surface area (Å²) in [6.45, 7) is 11.0. The lowest BCUT2D eigenvalue weighted by Gasteiger charge is -2.61. The van der Waals surface area contributed by atoms with E-state index in [-0.39, 0.29) is 35.0 Å². The van der Waals surface area contributed by atoms with Crippen molar-refractivity contribution >= 4 is 11.9 Å². The molecule has 33 heavy (non-hydrogen) atoms. The molecule has 1 aromatic rings. The molecule has 4 fully saturated rings. The third-order valence-electron chi connectivity index (χ3n) is 10.1. The topological polar surface area (TPSA) is 52.6 Å². The Kier molecular flexibility index (Phi) is 5.69. The van der Waals surface area contributed by atoms with Crippen LogP contribution in [0.4, 0.5) is 0 Å². The minimum absolute atomic E-state index is 0.0193. The summed E-state index contributed by atoms with van der Waals surface area (Å²) in [7, 11) is 0. The van der Waals surface area contributed by atoms with Crippen LogP contribution in [0.2, 0.25) is 0 Å². The van der Waals surface area contributed by atoms with Gasteiger partial charge in [-0.1, -0.05) is 44.2 Å². The Morgan fingerprint density at radius 1 is 0.939 bits per heavy atom. The van der Waals surface area contributed by atoms with E-state index in [2.05, 4.69) is 20.4 Å². The Bertz CT molecular complexity index is 938. The molecule has 5 rings (SSSR count). The smallest absolute Gasteiger partial charge is 0.338 e. The van der Waals surface area contributed by atoms with Gasteiger partial charge in [-0.25, -0.2) is 4.79 Å². The van der Waals surface area contributed by atoms with Crippen LogP contribution in [0.25, 0.3) is 0 Å². The highest BCUT2D eigenvalue weighted by atomic mass is 16.5. The molecule has 0 unspecified atom stereocenters. The maximum Gasteiger partial charge on any atom is 0.338 e. The van der Waals surface area contributed by atoms with Crippen molar-refractivity contribution in [3.05, 3.63) is 48.0 Å². The van der Waals surface area contributed by atoms with Crippen molar-refractivity contribution in [3.63, 3.8) is 0 Å². The molecule has 0 spiro atoms. The predicted molar refractivity (Wildman–Crippen MR) is 127 cm³/mol. The second-order valence-corrected chi connectivity index (χ2v) is 11.7. The number of carbonyl (C=O) groups is 2. The molecule has 0 bridgehead atoms. The first-order valence-corrected chi connectivity index (χ1v) is 12.8. The zero-order valence-corrected chi connectivity index (χ0v) is 20.3. The van der Waals surface area contributed by atoms with E-state index in [9.17, 15) is 9.59 Å². The summed E-state index contributed by atoms with van der Waals surface area (Å²) in [6, 6.07) is 9.38. The molecule has 0 aliphatic heterocycles. The van der Waals surface area contributed by atoms with Gasteiger partial charge in [0.15, 0.2) is 0 Å². The third kappa shape index (κ3) is 3.74. The molecule has 178 valence electrons. The summed E-state index contributed by atoms with van der Waals surface area (Å²) in [5, 5.41) is 0. The molecular formula is C29H38O4. The standard InChI is InChI=1S/C29H38O4/c1-18-16-21-17-22(32-19(2)30)12-14-28(21,3)24-13-15-29(4)23(26(18)24)10-11-25(29)33-27(31)20-8-6-5-7-9-20/h5-9,21-26H,1,10-17H2,2-4H3/t21-,22-,23-,24+,25+,26+,28-,29+/m1/s1. The first-order valence-electron chi connectivity index (χ1n) is 12.8. The second-order valence-electron chi connectivity index (χ2n) is 11.7. The number of fused-ring (bicyclic) bond motifs is 5. The van der Waals surface area contributed by atoms with E-state index in [4.69, 9.17) is 9.47 Å². The van der Waals surface area contributed by atoms with Gasteiger partial charge in [0.05, 0.1) is 5.56 Å². The van der Waals surface area contributed by atoms with Gasteiger partial charge in [-0.2, -0.15) is 0 Å². The van der Waals surface area contributed by atoms with Crippen molar-refractivity contribution < 1.29 is 19.1 Å². The van der Waals surface area contributed by atoms with Gasteiger partial charge in [-0.15, -0.1) is 0 Å². The van der Waals surface area contributed by atoms with E-state index in [1.165, 1.54) is 18.9 Å². The number of ether oxygens (including phenoxy) is 2. The van der Waals surface area contributed by atoms with Crippen molar-refractivity contribution in [2.24, 2.45) is 34.5 Å². The van der Waals surface area contributed by atoms with Gasteiger partial charge < -0.3 is 9.47 Å². The summed E-state index contributed by atoms with van der Waals surface area (Å²) in [5.41, 5.74) is 2.33. The summed E-state index contributed by atoms with van der Waals surface area (Å²) in [5.74, 6) is 1.86. The average molecular weight is 451 g/mol. The lowest BCUT2D eigenvalue weighted by atomic mass is 9.44. The molecule has 1 aromatic carbocycles. The van der Waals surface area contributed by atoms with Crippen molar-refractivity contribution in [1.82, 2.24) is 0 Å². The number of carbonyl (C=O) groups excluding carboxylic acids is 2. The Morgan fingerprint density at radius 3 is 2.36 bits per heavy atom. The van der Waals surface area contributed by atoms with E-state index in [1.807, 2.05) is 30.3 Å². The van der Waals surface area contributed by atoms with E-state index < -0.39 is 0 Å². The van der Waals surface area contributed by atoms with E-state index in [0.717, 1.165) is 44.9 Å². The van der Waals surface area contributed by atoms with Crippen molar-refractivity contribution in [1.29, 1.82) is 0 Å². The van der Waals surface area contributed by atoms with Crippen molar-refractivity contribution in [2.75, 3.05) is 0 Å². The van der Waals surface area contributed by atoms with Crippen LogP contribution in [-0.4, -0.2) is 24.1 Å². The Balaban J connectivity index is 1.34. The molecule has 0 saturated heterocycles. The molecule has 4 heteroatoms. The number of benzene rings is 1. The summed E-state index contributed by atoms with van der Waals surface area (Å²) in [4.78, 5) is 24.4. The molecule has 4 nitrogen and oxygen atoms in total. The zero-order chi connectivity index (χ0) is 23.4. The highest BCUT2D eigenvalue weighted by molar-refractivity contribution is 5.89. The molecule has 0 radical (unpaired) electrons. The minimum atomic E-state index is -0.192. The molecule has 0 aromatic heterocycles. The van der Waals surface area contributed by atoms with E-state index >= 15 is 0 Å². The largest absolute Gasteiger partial charge is 0.463 e. The molecule has 0 heterocycles. The van der Waals surface area contributed by atoms with Gasteiger partial charge >= 0.3 is 11.9 Å². The quantitative estimate of drug-likeness (QED) is 0.398. The first kappa shape index (κ1) is 22.7. The molecule has 8 atom stereocenters. The summed E-state index contributed by atoms with van der Waals surface area (Å²) >= 11 is 0. The van der Waals surface area contributed by atoms with Crippen molar-refractivity contribution in [2.45, 2.75) is 84.3 Å². The fraction of sp³-hybridized carbons (Fsp3) is 0.655. The SMILES string of the molecule is C=C1C[C@@H]2C[C@H](OC(C)=O)CC[C@@]2(C)[C@H]2CC[C@]3(C)[C@@H](OC(=O)c4ccccc4)CC[C@@H]3[C@H]12. The molecule has 0 amide bonds. The third-order valence-corrected chi connectivity index (χ3v) is 10.1. The van der Waals surface area contributed by atoms with Gasteiger partial charge in [0, 0.05) is 12.3 Å². The first-order chi connectivity index (χ1) is 15.7. The Labute approximate surface area is 198 Å². The van der Waals surface area contributed by atoms with E-state index in [0.29, 0.717) is 29.2 Å². The van der Waals surface area contributed by atoms with Crippen molar-refractivity contribution in [3.8, 4) is 0 Å². The van der Waals surface area contributed by atoms with Gasteiger partial charge in [0.25, 0.3) is 0 Å². The fourth-order valence-electron chi connectivity index (χ4n) is 8.35. The van der Waals surface area contributed by atoms with Gasteiger partial charge in [-0.05, 0) is 92.6 Å². The van der Waals surface area contributed by atoms with Crippen LogP contribution < -0.4 is 0 Å². The molecule has 4 aliphatic rings. The number of hydrogen-bond donors (Lipinski definition) is 0. The summed E-state index contributed by atoms with van der Waals surface area (Å²) in [6.07, 6.45) is 8.48. The van der Waals surface area contributed by atoms with Crippen LogP contribution in [0.5, 0.6) is 0 Å². The predicted octanol–water partition coefficient (Wildman–Crippen LogP) is 6.35. The average Bonchev–Trinajstić information content (AvgIpc) is 3.11. The van der Waals surface area contributed by atoms with Crippen LogP contribution in [0.3, 0.4) is 0 Å². The lowest BCUT2D eigenvalue weighted by Crippen LogP contribution is -2.55. The monoisotopic (exact) mass is 450 g/mol. The highest BCUT2D eigenvalue weighted by Crippen LogP contribution is 2.67. The van der Waals surface area contributed by atoms with Crippen LogP contribution in [0, 0.1) is 34.5 Å². The maximum atomic E-state index is 12.8. The zero-order valence-electron chi connectivity index (χ0n) is 20.3. The van der Waals surface area contributed by atoms with Gasteiger partial charge in [0.1, 0.15) is 12.2 Å². The molecule has 0 N–H and O–H groups in total. The fourth-order valence-corrected chi connectivity index (χ4v) is 8.35. The number of esters is 2. The molecule has 4 saturated carbocycles. The Morgan fingerprint density at radius 2 is 1.64 bits per heavy atom. The minimum Gasteiger partial charge on any atom is -0.463 e. The van der Waals surface area contributed by atoms with Gasteiger partial charge in [-0.3, -0.25) is 4.79 Å². The van der Waals surface area contributed by atoms with Crippen LogP contribution in [0.15, 0.2) is 42.5 Å². The lowest BCUT2D eigenvalue weighted by molar-refractivity contribution is -0.156. The van der Waals surface area contributed by atoms with Crippen LogP contribution in [0.1, 0.15) is 82.5 Å². The maximum absolute atomic E-state index is 12.8.